The Morgan fingerprint density at radius 1 is 1.36 bits per heavy atom. The summed E-state index contributed by atoms with van der Waals surface area (Å²) < 4.78 is 25.1. The van der Waals surface area contributed by atoms with Crippen molar-refractivity contribution < 1.29 is 8.78 Å². The van der Waals surface area contributed by atoms with Gasteiger partial charge in [0.2, 0.25) is 0 Å². The van der Waals surface area contributed by atoms with Gasteiger partial charge in [0.15, 0.2) is 0 Å². The lowest BCUT2D eigenvalue weighted by Gasteiger charge is -2.00. The number of hydrogen-bond acceptors (Lipinski definition) is 2. The highest BCUT2D eigenvalue weighted by Gasteiger charge is 2.01. The second-order valence-electron chi connectivity index (χ2n) is 2.12. The van der Waals surface area contributed by atoms with Crippen LogP contribution in [0.4, 0.5) is 8.78 Å². The predicted octanol–water partition coefficient (Wildman–Crippen LogP) is 0.928. The van der Waals surface area contributed by atoms with Gasteiger partial charge in [-0.1, -0.05) is 0 Å². The standard InChI is InChI=1S/C7H8F2N2/c8-6-1-2-7(9)5(3-6)4-11-10/h1-3,11H,4,10H2. The maximum absolute atomic E-state index is 12.7. The molecular weight excluding hydrogens is 150 g/mol. The molecule has 60 valence electrons. The van der Waals surface area contributed by atoms with Gasteiger partial charge in [-0.2, -0.15) is 0 Å². The van der Waals surface area contributed by atoms with E-state index >= 15 is 0 Å². The molecule has 0 aliphatic carbocycles. The van der Waals surface area contributed by atoms with E-state index in [1.54, 1.807) is 0 Å². The van der Waals surface area contributed by atoms with E-state index in [1.807, 2.05) is 0 Å². The minimum absolute atomic E-state index is 0.129. The Balaban J connectivity index is 2.93. The molecule has 1 aromatic carbocycles. The highest BCUT2D eigenvalue weighted by molar-refractivity contribution is 5.18. The summed E-state index contributed by atoms with van der Waals surface area (Å²) in [5, 5.41) is 0. The van der Waals surface area contributed by atoms with Crippen molar-refractivity contribution in [3.05, 3.63) is 35.4 Å². The van der Waals surface area contributed by atoms with Crippen LogP contribution in [0.1, 0.15) is 5.56 Å². The van der Waals surface area contributed by atoms with E-state index < -0.39 is 11.6 Å². The van der Waals surface area contributed by atoms with Gasteiger partial charge < -0.3 is 0 Å². The molecule has 0 unspecified atom stereocenters. The van der Waals surface area contributed by atoms with Crippen molar-refractivity contribution >= 4 is 0 Å². The number of nitrogens with one attached hydrogen (secondary N) is 1. The second-order valence-corrected chi connectivity index (χ2v) is 2.12. The molecule has 0 aliphatic heterocycles. The molecule has 0 aromatic heterocycles. The zero-order chi connectivity index (χ0) is 8.27. The van der Waals surface area contributed by atoms with E-state index in [1.165, 1.54) is 0 Å². The molecule has 1 aromatic rings. The van der Waals surface area contributed by atoms with Crippen molar-refractivity contribution in [1.82, 2.24) is 5.43 Å². The topological polar surface area (TPSA) is 38.0 Å². The molecule has 0 saturated carbocycles. The normalized spacial score (nSPS) is 10.1. The molecular formula is C7H8F2N2. The first kappa shape index (κ1) is 8.10. The monoisotopic (exact) mass is 158 g/mol. The fourth-order valence-electron chi connectivity index (χ4n) is 0.789. The van der Waals surface area contributed by atoms with Crippen molar-refractivity contribution in [2.75, 3.05) is 0 Å². The van der Waals surface area contributed by atoms with Gasteiger partial charge in [-0.15, -0.1) is 0 Å². The maximum Gasteiger partial charge on any atom is 0.127 e. The van der Waals surface area contributed by atoms with Gasteiger partial charge in [0, 0.05) is 12.1 Å². The molecule has 0 fully saturated rings. The summed E-state index contributed by atoms with van der Waals surface area (Å²) in [6.07, 6.45) is 0. The van der Waals surface area contributed by atoms with Crippen molar-refractivity contribution in [2.24, 2.45) is 5.84 Å². The number of hydrazine groups is 1. The minimum atomic E-state index is -0.461. The molecule has 0 amide bonds. The Labute approximate surface area is 63.0 Å². The molecule has 4 heteroatoms. The summed E-state index contributed by atoms with van der Waals surface area (Å²) in [6, 6.07) is 3.24. The first-order chi connectivity index (χ1) is 5.24. The molecule has 0 saturated heterocycles. The number of hydrogen-bond donors (Lipinski definition) is 2. The largest absolute Gasteiger partial charge is 0.271 e. The Morgan fingerprint density at radius 3 is 2.73 bits per heavy atom. The van der Waals surface area contributed by atoms with Crippen molar-refractivity contribution in [2.45, 2.75) is 6.54 Å². The number of benzene rings is 1. The van der Waals surface area contributed by atoms with Crippen LogP contribution in [0.15, 0.2) is 18.2 Å². The minimum Gasteiger partial charge on any atom is -0.271 e. The van der Waals surface area contributed by atoms with E-state index in [0.717, 1.165) is 18.2 Å². The Morgan fingerprint density at radius 2 is 2.09 bits per heavy atom. The summed E-state index contributed by atoms with van der Waals surface area (Å²) in [5.41, 5.74) is 2.47. The van der Waals surface area contributed by atoms with Gasteiger partial charge >= 0.3 is 0 Å². The zero-order valence-corrected chi connectivity index (χ0v) is 5.77. The Kier molecular flexibility index (Phi) is 2.51. The fourth-order valence-corrected chi connectivity index (χ4v) is 0.789. The highest BCUT2D eigenvalue weighted by atomic mass is 19.1. The quantitative estimate of drug-likeness (QED) is 0.496. The van der Waals surface area contributed by atoms with Gasteiger partial charge in [0.05, 0.1) is 0 Å². The summed E-state index contributed by atoms with van der Waals surface area (Å²) in [6.45, 7) is 0.129. The fraction of sp³-hybridized carbons (Fsp3) is 0.143. The Hall–Kier alpha value is -1.00. The SMILES string of the molecule is NNCc1cc(F)ccc1F. The van der Waals surface area contributed by atoms with Crippen LogP contribution in [-0.4, -0.2) is 0 Å². The molecule has 0 bridgehead atoms. The van der Waals surface area contributed by atoms with Crippen LogP contribution < -0.4 is 11.3 Å². The zero-order valence-electron chi connectivity index (χ0n) is 5.77. The van der Waals surface area contributed by atoms with Crippen LogP contribution >= 0.6 is 0 Å². The summed E-state index contributed by atoms with van der Waals surface area (Å²) in [7, 11) is 0. The van der Waals surface area contributed by atoms with Crippen LogP contribution in [0.2, 0.25) is 0 Å². The van der Waals surface area contributed by atoms with Crippen molar-refractivity contribution in [3.63, 3.8) is 0 Å². The van der Waals surface area contributed by atoms with Crippen LogP contribution in [-0.2, 0) is 6.54 Å². The number of nitrogens with two attached hydrogens (primary N) is 1. The number of halogens is 2. The molecule has 0 atom stereocenters. The molecule has 0 heterocycles. The van der Waals surface area contributed by atoms with E-state index in [2.05, 4.69) is 5.43 Å². The molecule has 0 radical (unpaired) electrons. The molecule has 0 aliphatic rings. The van der Waals surface area contributed by atoms with Crippen molar-refractivity contribution in [1.29, 1.82) is 0 Å². The highest BCUT2D eigenvalue weighted by Crippen LogP contribution is 2.08. The lowest BCUT2D eigenvalue weighted by Crippen LogP contribution is -2.21. The first-order valence-electron chi connectivity index (χ1n) is 3.11. The van der Waals surface area contributed by atoms with Crippen LogP contribution in [0, 0.1) is 11.6 Å². The van der Waals surface area contributed by atoms with Crippen LogP contribution in [0.5, 0.6) is 0 Å². The van der Waals surface area contributed by atoms with E-state index in [-0.39, 0.29) is 12.1 Å². The summed E-state index contributed by atoms with van der Waals surface area (Å²) >= 11 is 0. The average molecular weight is 158 g/mol. The van der Waals surface area contributed by atoms with Gasteiger partial charge in [0.25, 0.3) is 0 Å². The van der Waals surface area contributed by atoms with E-state index in [4.69, 9.17) is 5.84 Å². The maximum atomic E-state index is 12.7. The summed E-state index contributed by atoms with van der Waals surface area (Å²) in [5.74, 6) is 4.02. The molecule has 3 N–H and O–H groups in total. The molecule has 1 rings (SSSR count). The van der Waals surface area contributed by atoms with Crippen LogP contribution in [0.3, 0.4) is 0 Å². The van der Waals surface area contributed by atoms with Gasteiger partial charge in [0.1, 0.15) is 11.6 Å². The third kappa shape index (κ3) is 1.96. The molecule has 0 spiro atoms. The van der Waals surface area contributed by atoms with E-state index in [0.29, 0.717) is 0 Å². The van der Waals surface area contributed by atoms with Crippen molar-refractivity contribution in [3.8, 4) is 0 Å². The average Bonchev–Trinajstić information content (AvgIpc) is 1.98. The lowest BCUT2D eigenvalue weighted by molar-refractivity contribution is 0.573. The van der Waals surface area contributed by atoms with Gasteiger partial charge in [-0.25, -0.2) is 8.78 Å². The van der Waals surface area contributed by atoms with Crippen LogP contribution in [0.25, 0.3) is 0 Å². The second kappa shape index (κ2) is 3.41. The first-order valence-corrected chi connectivity index (χ1v) is 3.11. The number of rotatable bonds is 2. The predicted molar refractivity (Wildman–Crippen MR) is 37.4 cm³/mol. The third-order valence-electron chi connectivity index (χ3n) is 1.30. The van der Waals surface area contributed by atoms with E-state index in [9.17, 15) is 8.78 Å². The Bertz CT molecular complexity index is 250. The summed E-state index contributed by atoms with van der Waals surface area (Å²) in [4.78, 5) is 0. The molecule has 2 nitrogen and oxygen atoms in total. The van der Waals surface area contributed by atoms with Gasteiger partial charge in [-0.05, 0) is 18.2 Å². The smallest absolute Gasteiger partial charge is 0.127 e. The third-order valence-corrected chi connectivity index (χ3v) is 1.30. The van der Waals surface area contributed by atoms with Gasteiger partial charge in [-0.3, -0.25) is 11.3 Å². The lowest BCUT2D eigenvalue weighted by atomic mass is 10.2. The molecule has 11 heavy (non-hydrogen) atoms.